The van der Waals surface area contributed by atoms with Crippen molar-refractivity contribution in [2.24, 2.45) is 0 Å². The fourth-order valence-electron chi connectivity index (χ4n) is 1.83. The number of benzene rings is 2. The first-order valence-corrected chi connectivity index (χ1v) is 6.68. The van der Waals surface area contributed by atoms with Crippen LogP contribution < -0.4 is 4.74 Å². The molecular formula is C16H14ClFO2. The SMILES string of the molecule is CCc1cc(OCC(=O)c2ccccc2F)ccc1Cl. The first kappa shape index (κ1) is 14.5. The molecule has 0 atom stereocenters. The molecule has 20 heavy (non-hydrogen) atoms. The van der Waals surface area contributed by atoms with Gasteiger partial charge in [-0.15, -0.1) is 0 Å². The highest BCUT2D eigenvalue weighted by molar-refractivity contribution is 6.31. The molecule has 0 saturated heterocycles. The summed E-state index contributed by atoms with van der Waals surface area (Å²) < 4.78 is 18.8. The van der Waals surface area contributed by atoms with Crippen molar-refractivity contribution in [3.05, 3.63) is 64.4 Å². The molecule has 0 aromatic heterocycles. The third-order valence-electron chi connectivity index (χ3n) is 2.94. The summed E-state index contributed by atoms with van der Waals surface area (Å²) in [7, 11) is 0. The largest absolute Gasteiger partial charge is 0.485 e. The normalized spacial score (nSPS) is 10.3. The van der Waals surface area contributed by atoms with Gasteiger partial charge >= 0.3 is 0 Å². The molecule has 4 heteroatoms. The van der Waals surface area contributed by atoms with E-state index < -0.39 is 11.6 Å². The van der Waals surface area contributed by atoms with E-state index in [2.05, 4.69) is 0 Å². The Balaban J connectivity index is 2.06. The van der Waals surface area contributed by atoms with Gasteiger partial charge in [-0.25, -0.2) is 4.39 Å². The maximum absolute atomic E-state index is 13.4. The topological polar surface area (TPSA) is 26.3 Å². The fourth-order valence-corrected chi connectivity index (χ4v) is 2.08. The van der Waals surface area contributed by atoms with Gasteiger partial charge in [0.25, 0.3) is 0 Å². The van der Waals surface area contributed by atoms with Gasteiger partial charge in [0.15, 0.2) is 6.61 Å². The van der Waals surface area contributed by atoms with E-state index in [1.165, 1.54) is 12.1 Å². The Bertz CT molecular complexity index is 626. The van der Waals surface area contributed by atoms with Crippen molar-refractivity contribution < 1.29 is 13.9 Å². The minimum absolute atomic E-state index is 0.0391. The molecule has 2 aromatic carbocycles. The maximum Gasteiger partial charge on any atom is 0.203 e. The molecule has 104 valence electrons. The Labute approximate surface area is 122 Å². The Kier molecular flexibility index (Phi) is 4.74. The van der Waals surface area contributed by atoms with E-state index in [1.807, 2.05) is 6.92 Å². The van der Waals surface area contributed by atoms with Crippen molar-refractivity contribution in [1.29, 1.82) is 0 Å². The van der Waals surface area contributed by atoms with Crippen LogP contribution in [0.3, 0.4) is 0 Å². The molecule has 0 fully saturated rings. The fraction of sp³-hybridized carbons (Fsp3) is 0.188. The minimum Gasteiger partial charge on any atom is -0.485 e. The van der Waals surface area contributed by atoms with Crippen LogP contribution in [-0.4, -0.2) is 12.4 Å². The van der Waals surface area contributed by atoms with Crippen molar-refractivity contribution in [2.45, 2.75) is 13.3 Å². The predicted molar refractivity (Wildman–Crippen MR) is 77.1 cm³/mol. The van der Waals surface area contributed by atoms with Gasteiger partial charge in [-0.2, -0.15) is 0 Å². The second-order valence-corrected chi connectivity index (χ2v) is 4.71. The number of Topliss-reactive ketones (excluding diaryl/α,β-unsaturated/α-hetero) is 1. The molecule has 2 nitrogen and oxygen atoms in total. The molecule has 0 saturated carbocycles. The van der Waals surface area contributed by atoms with E-state index in [1.54, 1.807) is 30.3 Å². The van der Waals surface area contributed by atoms with Gasteiger partial charge in [0.1, 0.15) is 11.6 Å². The monoisotopic (exact) mass is 292 g/mol. The van der Waals surface area contributed by atoms with Crippen LogP contribution in [0.25, 0.3) is 0 Å². The summed E-state index contributed by atoms with van der Waals surface area (Å²) in [6.45, 7) is 1.78. The summed E-state index contributed by atoms with van der Waals surface area (Å²) in [6, 6.07) is 11.1. The zero-order valence-corrected chi connectivity index (χ0v) is 11.8. The van der Waals surface area contributed by atoms with Crippen LogP contribution in [0.5, 0.6) is 5.75 Å². The standard InChI is InChI=1S/C16H14ClFO2/c1-2-11-9-12(7-8-14(11)17)20-10-16(19)13-5-3-4-6-15(13)18/h3-9H,2,10H2,1H3. The summed E-state index contributed by atoms with van der Waals surface area (Å²) in [5.74, 6) is -0.376. The quantitative estimate of drug-likeness (QED) is 0.768. The van der Waals surface area contributed by atoms with Crippen LogP contribution in [0.4, 0.5) is 4.39 Å². The molecule has 0 amide bonds. The van der Waals surface area contributed by atoms with Gasteiger partial charge in [0, 0.05) is 5.02 Å². The number of carbonyl (C=O) groups is 1. The highest BCUT2D eigenvalue weighted by Crippen LogP contribution is 2.22. The summed E-state index contributed by atoms with van der Waals surface area (Å²) in [6.07, 6.45) is 0.775. The van der Waals surface area contributed by atoms with Crippen LogP contribution in [0, 0.1) is 5.82 Å². The second kappa shape index (κ2) is 6.53. The van der Waals surface area contributed by atoms with Crippen molar-refractivity contribution in [3.8, 4) is 5.75 Å². The first-order valence-electron chi connectivity index (χ1n) is 6.30. The number of ketones is 1. The van der Waals surface area contributed by atoms with E-state index in [-0.39, 0.29) is 12.2 Å². The third-order valence-corrected chi connectivity index (χ3v) is 3.31. The van der Waals surface area contributed by atoms with Gasteiger partial charge in [-0.3, -0.25) is 4.79 Å². The van der Waals surface area contributed by atoms with Crippen LogP contribution in [0.1, 0.15) is 22.8 Å². The number of aryl methyl sites for hydroxylation is 1. The lowest BCUT2D eigenvalue weighted by molar-refractivity contribution is 0.0917. The Morgan fingerprint density at radius 3 is 2.70 bits per heavy atom. The van der Waals surface area contributed by atoms with Gasteiger partial charge in [0.2, 0.25) is 5.78 Å². The molecule has 0 heterocycles. The van der Waals surface area contributed by atoms with Crippen LogP contribution in [-0.2, 0) is 6.42 Å². The summed E-state index contributed by atoms with van der Waals surface area (Å²) in [4.78, 5) is 11.9. The summed E-state index contributed by atoms with van der Waals surface area (Å²) in [5.41, 5.74) is 0.986. The number of halogens is 2. The Hall–Kier alpha value is -1.87. The molecule has 0 aliphatic carbocycles. The molecule has 0 aliphatic rings. The minimum atomic E-state index is -0.536. The van der Waals surface area contributed by atoms with E-state index in [9.17, 15) is 9.18 Å². The van der Waals surface area contributed by atoms with E-state index >= 15 is 0 Å². The molecule has 0 N–H and O–H groups in total. The van der Waals surface area contributed by atoms with E-state index in [4.69, 9.17) is 16.3 Å². The number of hydrogen-bond donors (Lipinski definition) is 0. The Morgan fingerprint density at radius 1 is 1.25 bits per heavy atom. The lowest BCUT2D eigenvalue weighted by Gasteiger charge is -2.08. The smallest absolute Gasteiger partial charge is 0.203 e. The van der Waals surface area contributed by atoms with Crippen LogP contribution in [0.15, 0.2) is 42.5 Å². The lowest BCUT2D eigenvalue weighted by Crippen LogP contribution is -2.13. The first-order chi connectivity index (χ1) is 9.61. The van der Waals surface area contributed by atoms with Crippen LogP contribution >= 0.6 is 11.6 Å². The van der Waals surface area contributed by atoms with Crippen molar-refractivity contribution in [2.75, 3.05) is 6.61 Å². The van der Waals surface area contributed by atoms with Crippen molar-refractivity contribution >= 4 is 17.4 Å². The molecular weight excluding hydrogens is 279 g/mol. The average Bonchev–Trinajstić information content (AvgIpc) is 2.46. The summed E-state index contributed by atoms with van der Waals surface area (Å²) in [5, 5.41) is 0.667. The van der Waals surface area contributed by atoms with Crippen LogP contribution in [0.2, 0.25) is 5.02 Å². The number of rotatable bonds is 5. The van der Waals surface area contributed by atoms with Crippen molar-refractivity contribution in [3.63, 3.8) is 0 Å². The molecule has 0 unspecified atom stereocenters. The lowest BCUT2D eigenvalue weighted by atomic mass is 10.1. The van der Waals surface area contributed by atoms with Gasteiger partial charge in [-0.1, -0.05) is 30.7 Å². The summed E-state index contributed by atoms with van der Waals surface area (Å²) >= 11 is 6.00. The molecule has 0 bridgehead atoms. The molecule has 0 aliphatic heterocycles. The zero-order chi connectivity index (χ0) is 14.5. The molecule has 2 rings (SSSR count). The number of carbonyl (C=O) groups excluding carboxylic acids is 1. The van der Waals surface area contributed by atoms with Crippen molar-refractivity contribution in [1.82, 2.24) is 0 Å². The molecule has 0 radical (unpaired) electrons. The van der Waals surface area contributed by atoms with E-state index in [0.717, 1.165) is 12.0 Å². The van der Waals surface area contributed by atoms with E-state index in [0.29, 0.717) is 10.8 Å². The third kappa shape index (κ3) is 3.36. The average molecular weight is 293 g/mol. The number of ether oxygens (including phenoxy) is 1. The predicted octanol–water partition coefficient (Wildman–Crippen LogP) is 4.30. The molecule has 2 aromatic rings. The van der Waals surface area contributed by atoms with Gasteiger partial charge in [-0.05, 0) is 42.3 Å². The molecule has 0 spiro atoms. The highest BCUT2D eigenvalue weighted by atomic mass is 35.5. The maximum atomic E-state index is 13.4. The van der Waals surface area contributed by atoms with Gasteiger partial charge < -0.3 is 4.74 Å². The zero-order valence-electron chi connectivity index (χ0n) is 11.0. The van der Waals surface area contributed by atoms with Gasteiger partial charge in [0.05, 0.1) is 5.56 Å². The highest BCUT2D eigenvalue weighted by Gasteiger charge is 2.11. The second-order valence-electron chi connectivity index (χ2n) is 4.30. The Morgan fingerprint density at radius 2 is 2.00 bits per heavy atom. The number of hydrogen-bond acceptors (Lipinski definition) is 2.